The van der Waals surface area contributed by atoms with Gasteiger partial charge in [-0.1, -0.05) is 42.0 Å². The number of aromatic amines is 1. The Morgan fingerprint density at radius 2 is 1.95 bits per heavy atom. The Balaban J connectivity index is 1.77. The van der Waals surface area contributed by atoms with Crippen molar-refractivity contribution in [3.63, 3.8) is 0 Å². The van der Waals surface area contributed by atoms with E-state index in [4.69, 9.17) is 0 Å². The first-order chi connectivity index (χ1) is 10.7. The summed E-state index contributed by atoms with van der Waals surface area (Å²) in [5, 5.41) is 5.14. The Kier molecular flexibility index (Phi) is 4.01. The molecule has 0 bridgehead atoms. The summed E-state index contributed by atoms with van der Waals surface area (Å²) in [7, 11) is 0. The molecule has 110 valence electrons. The van der Waals surface area contributed by atoms with Gasteiger partial charge in [0.25, 0.3) is 5.56 Å². The first-order valence-electron chi connectivity index (χ1n) is 7.16. The van der Waals surface area contributed by atoms with Gasteiger partial charge in [-0.2, -0.15) is 5.10 Å². The van der Waals surface area contributed by atoms with Crippen LogP contribution in [0.25, 0.3) is 10.9 Å². The molecule has 0 spiro atoms. The number of H-pyrrole nitrogens is 1. The number of aromatic nitrogens is 1. The second-order valence-corrected chi connectivity index (χ2v) is 5.22. The lowest BCUT2D eigenvalue weighted by molar-refractivity contribution is 0.748. The van der Waals surface area contributed by atoms with Crippen molar-refractivity contribution in [1.29, 1.82) is 0 Å². The standard InChI is InChI=1S/C18H17N3O/c1-13-7-8-17-15(9-13)10-16(18(22)21-17)12-20-19-11-14-5-3-2-4-6-14/h2-10,12,19H,11H2,1H3,(H,21,22)/b20-12+. The number of nitrogens with one attached hydrogen (secondary N) is 2. The molecular formula is C18H17N3O. The van der Waals surface area contributed by atoms with Crippen LogP contribution in [0.4, 0.5) is 0 Å². The summed E-state index contributed by atoms with van der Waals surface area (Å²) in [4.78, 5) is 14.9. The van der Waals surface area contributed by atoms with E-state index in [0.29, 0.717) is 12.1 Å². The number of fused-ring (bicyclic) bond motifs is 1. The lowest BCUT2D eigenvalue weighted by Gasteiger charge is -2.02. The molecule has 0 aliphatic carbocycles. The van der Waals surface area contributed by atoms with Crippen LogP contribution in [-0.2, 0) is 6.54 Å². The smallest absolute Gasteiger partial charge is 0.257 e. The van der Waals surface area contributed by atoms with E-state index in [1.807, 2.05) is 61.5 Å². The second kappa shape index (κ2) is 6.26. The normalized spacial score (nSPS) is 11.1. The van der Waals surface area contributed by atoms with E-state index in [9.17, 15) is 4.79 Å². The van der Waals surface area contributed by atoms with Crippen molar-refractivity contribution >= 4 is 17.1 Å². The highest BCUT2D eigenvalue weighted by Crippen LogP contribution is 2.12. The van der Waals surface area contributed by atoms with Gasteiger partial charge in [0.2, 0.25) is 0 Å². The lowest BCUT2D eigenvalue weighted by atomic mass is 10.1. The zero-order valence-electron chi connectivity index (χ0n) is 12.3. The number of hydrogen-bond donors (Lipinski definition) is 2. The fourth-order valence-electron chi connectivity index (χ4n) is 2.29. The summed E-state index contributed by atoms with van der Waals surface area (Å²) in [6.45, 7) is 2.65. The Morgan fingerprint density at radius 3 is 2.77 bits per heavy atom. The third kappa shape index (κ3) is 3.23. The maximum absolute atomic E-state index is 12.0. The number of rotatable bonds is 4. The minimum atomic E-state index is -0.137. The second-order valence-electron chi connectivity index (χ2n) is 5.22. The van der Waals surface area contributed by atoms with Crippen molar-refractivity contribution < 1.29 is 0 Å². The highest BCUT2D eigenvalue weighted by molar-refractivity contribution is 5.87. The van der Waals surface area contributed by atoms with Gasteiger partial charge in [-0.05, 0) is 36.1 Å². The molecule has 4 nitrogen and oxygen atoms in total. The summed E-state index contributed by atoms with van der Waals surface area (Å²) >= 11 is 0. The van der Waals surface area contributed by atoms with Crippen LogP contribution in [0, 0.1) is 6.92 Å². The molecule has 0 saturated heterocycles. The topological polar surface area (TPSA) is 57.2 Å². The highest BCUT2D eigenvalue weighted by Gasteiger charge is 2.00. The van der Waals surface area contributed by atoms with Crippen molar-refractivity contribution in [2.24, 2.45) is 5.10 Å². The molecule has 2 N–H and O–H groups in total. The quantitative estimate of drug-likeness (QED) is 0.573. The van der Waals surface area contributed by atoms with Gasteiger partial charge in [0.15, 0.2) is 0 Å². The third-order valence-corrected chi connectivity index (χ3v) is 3.45. The number of nitrogens with zero attached hydrogens (tertiary/aromatic N) is 1. The van der Waals surface area contributed by atoms with Crippen LogP contribution in [-0.4, -0.2) is 11.2 Å². The Labute approximate surface area is 128 Å². The molecule has 4 heteroatoms. The fourth-order valence-corrected chi connectivity index (χ4v) is 2.29. The molecule has 0 radical (unpaired) electrons. The van der Waals surface area contributed by atoms with Crippen LogP contribution in [0.1, 0.15) is 16.7 Å². The lowest BCUT2D eigenvalue weighted by Crippen LogP contribution is -2.13. The van der Waals surface area contributed by atoms with E-state index in [1.165, 1.54) is 0 Å². The van der Waals surface area contributed by atoms with Gasteiger partial charge in [-0.15, -0.1) is 0 Å². The maximum Gasteiger partial charge on any atom is 0.257 e. The van der Waals surface area contributed by atoms with Crippen LogP contribution in [0.2, 0.25) is 0 Å². The maximum atomic E-state index is 12.0. The molecule has 22 heavy (non-hydrogen) atoms. The SMILES string of the molecule is Cc1ccc2[nH]c(=O)c(/C=N/NCc3ccccc3)cc2c1. The Hall–Kier alpha value is -2.88. The number of aryl methyl sites for hydroxylation is 1. The summed E-state index contributed by atoms with van der Waals surface area (Å²) in [5.74, 6) is 0. The van der Waals surface area contributed by atoms with Gasteiger partial charge >= 0.3 is 0 Å². The van der Waals surface area contributed by atoms with Gasteiger partial charge < -0.3 is 10.4 Å². The molecular weight excluding hydrogens is 274 g/mol. The molecule has 0 amide bonds. The van der Waals surface area contributed by atoms with Crippen molar-refractivity contribution in [1.82, 2.24) is 10.4 Å². The molecule has 0 atom stereocenters. The molecule has 0 aliphatic rings. The molecule has 3 aromatic rings. The van der Waals surface area contributed by atoms with Gasteiger partial charge in [0.05, 0.1) is 18.3 Å². The van der Waals surface area contributed by atoms with Gasteiger partial charge in [-0.3, -0.25) is 4.79 Å². The van der Waals surface area contributed by atoms with E-state index in [-0.39, 0.29) is 5.56 Å². The highest BCUT2D eigenvalue weighted by atomic mass is 16.1. The summed E-state index contributed by atoms with van der Waals surface area (Å²) in [6.07, 6.45) is 1.56. The minimum Gasteiger partial charge on any atom is -0.321 e. The number of benzene rings is 2. The summed E-state index contributed by atoms with van der Waals surface area (Å²) in [5.41, 5.74) is 6.49. The van der Waals surface area contributed by atoms with Gasteiger partial charge in [0.1, 0.15) is 0 Å². The molecule has 0 saturated carbocycles. The van der Waals surface area contributed by atoms with Gasteiger partial charge in [0, 0.05) is 5.52 Å². The summed E-state index contributed by atoms with van der Waals surface area (Å²) in [6, 6.07) is 17.8. The van der Waals surface area contributed by atoms with E-state index in [2.05, 4.69) is 15.5 Å². The van der Waals surface area contributed by atoms with Crippen molar-refractivity contribution in [2.75, 3.05) is 0 Å². The van der Waals surface area contributed by atoms with Crippen LogP contribution in [0.5, 0.6) is 0 Å². The molecule has 0 aliphatic heterocycles. The predicted octanol–water partition coefficient (Wildman–Crippen LogP) is 2.96. The minimum absolute atomic E-state index is 0.137. The van der Waals surface area contributed by atoms with Crippen LogP contribution in [0.3, 0.4) is 0 Å². The first kappa shape index (κ1) is 14.1. The van der Waals surface area contributed by atoms with E-state index < -0.39 is 0 Å². The Morgan fingerprint density at radius 1 is 1.14 bits per heavy atom. The monoisotopic (exact) mass is 291 g/mol. The number of hydrazone groups is 1. The van der Waals surface area contributed by atoms with Crippen molar-refractivity contribution in [3.8, 4) is 0 Å². The zero-order valence-corrected chi connectivity index (χ0v) is 12.3. The predicted molar refractivity (Wildman–Crippen MR) is 90.2 cm³/mol. The largest absolute Gasteiger partial charge is 0.321 e. The first-order valence-corrected chi connectivity index (χ1v) is 7.16. The zero-order chi connectivity index (χ0) is 15.4. The fraction of sp³-hybridized carbons (Fsp3) is 0.111. The Bertz CT molecular complexity index is 866. The van der Waals surface area contributed by atoms with Crippen molar-refractivity contribution in [3.05, 3.63) is 81.6 Å². The number of hydrogen-bond acceptors (Lipinski definition) is 3. The average molecular weight is 291 g/mol. The van der Waals surface area contributed by atoms with Crippen molar-refractivity contribution in [2.45, 2.75) is 13.5 Å². The van der Waals surface area contributed by atoms with Gasteiger partial charge in [-0.25, -0.2) is 0 Å². The third-order valence-electron chi connectivity index (χ3n) is 3.45. The van der Waals surface area contributed by atoms with Crippen LogP contribution in [0.15, 0.2) is 64.5 Å². The molecule has 0 fully saturated rings. The molecule has 3 rings (SSSR count). The van der Waals surface area contributed by atoms with Crippen LogP contribution >= 0.6 is 0 Å². The number of pyridine rings is 1. The molecule has 2 aromatic carbocycles. The van der Waals surface area contributed by atoms with E-state index in [1.54, 1.807) is 6.21 Å². The van der Waals surface area contributed by atoms with Crippen LogP contribution < -0.4 is 11.0 Å². The summed E-state index contributed by atoms with van der Waals surface area (Å²) < 4.78 is 0. The van der Waals surface area contributed by atoms with E-state index in [0.717, 1.165) is 22.0 Å². The van der Waals surface area contributed by atoms with E-state index >= 15 is 0 Å². The molecule has 1 heterocycles. The molecule has 1 aromatic heterocycles. The average Bonchev–Trinajstić information content (AvgIpc) is 2.53. The molecule has 0 unspecified atom stereocenters.